The van der Waals surface area contributed by atoms with E-state index in [2.05, 4.69) is 6.58 Å². The second kappa shape index (κ2) is 3.56. The maximum atomic E-state index is 11.1. The summed E-state index contributed by atoms with van der Waals surface area (Å²) in [5.74, 6) is 0.0358. The first-order chi connectivity index (χ1) is 6.04. The molecule has 0 aliphatic carbocycles. The summed E-state index contributed by atoms with van der Waals surface area (Å²) in [5, 5.41) is 0. The lowest BCUT2D eigenvalue weighted by molar-refractivity contribution is -0.111. The standard InChI is InChI=1S/C12H14O/c1-8-6-5-7-12(9(8)2)10(3)11(4)13/h5-7H,3H2,1-2,4H3. The van der Waals surface area contributed by atoms with Crippen LogP contribution in [0.15, 0.2) is 24.8 Å². The molecular formula is C12H14O. The van der Waals surface area contributed by atoms with Gasteiger partial charge in [0.1, 0.15) is 0 Å². The lowest BCUT2D eigenvalue weighted by atomic mass is 9.96. The Bertz CT molecular complexity index is 361. The van der Waals surface area contributed by atoms with Crippen molar-refractivity contribution in [3.63, 3.8) is 0 Å². The Balaban J connectivity index is 3.23. The minimum Gasteiger partial charge on any atom is -0.295 e. The normalized spacial score (nSPS) is 9.77. The number of hydrogen-bond donors (Lipinski definition) is 0. The fourth-order valence-corrected chi connectivity index (χ4v) is 1.27. The molecule has 1 nitrogen and oxygen atoms in total. The van der Waals surface area contributed by atoms with Crippen LogP contribution in [0.25, 0.3) is 5.57 Å². The third-order valence-corrected chi connectivity index (χ3v) is 2.35. The summed E-state index contributed by atoms with van der Waals surface area (Å²) in [7, 11) is 0. The Labute approximate surface area is 79.1 Å². The topological polar surface area (TPSA) is 17.1 Å². The van der Waals surface area contributed by atoms with Crippen molar-refractivity contribution in [3.8, 4) is 0 Å². The molecule has 0 unspecified atom stereocenters. The first-order valence-corrected chi connectivity index (χ1v) is 4.30. The average Bonchev–Trinajstić information content (AvgIpc) is 2.08. The molecule has 0 heterocycles. The highest BCUT2D eigenvalue weighted by molar-refractivity contribution is 6.19. The fourth-order valence-electron chi connectivity index (χ4n) is 1.27. The molecule has 0 saturated heterocycles. The van der Waals surface area contributed by atoms with E-state index in [1.165, 1.54) is 5.56 Å². The molecule has 1 heteroatoms. The van der Waals surface area contributed by atoms with Crippen LogP contribution in [0.5, 0.6) is 0 Å². The lowest BCUT2D eigenvalue weighted by Crippen LogP contribution is -1.97. The zero-order valence-electron chi connectivity index (χ0n) is 8.35. The van der Waals surface area contributed by atoms with E-state index < -0.39 is 0 Å². The van der Waals surface area contributed by atoms with Crippen molar-refractivity contribution < 1.29 is 4.79 Å². The van der Waals surface area contributed by atoms with Gasteiger partial charge in [-0.15, -0.1) is 0 Å². The fraction of sp³-hybridized carbons (Fsp3) is 0.250. The van der Waals surface area contributed by atoms with Gasteiger partial charge < -0.3 is 0 Å². The molecule has 0 N–H and O–H groups in total. The maximum Gasteiger partial charge on any atom is 0.159 e. The quantitative estimate of drug-likeness (QED) is 0.630. The van der Waals surface area contributed by atoms with Crippen molar-refractivity contribution in [2.75, 3.05) is 0 Å². The minimum absolute atomic E-state index is 0.0358. The van der Waals surface area contributed by atoms with E-state index in [1.807, 2.05) is 32.0 Å². The van der Waals surface area contributed by atoms with Crippen LogP contribution in [0.1, 0.15) is 23.6 Å². The number of benzene rings is 1. The van der Waals surface area contributed by atoms with E-state index in [9.17, 15) is 4.79 Å². The Morgan fingerprint density at radius 3 is 2.46 bits per heavy atom. The van der Waals surface area contributed by atoms with Gasteiger partial charge in [0, 0.05) is 5.57 Å². The number of hydrogen-bond acceptors (Lipinski definition) is 1. The predicted molar refractivity (Wildman–Crippen MR) is 55.6 cm³/mol. The minimum atomic E-state index is 0.0358. The lowest BCUT2D eigenvalue weighted by Gasteiger charge is -2.08. The molecule has 0 aliphatic rings. The molecule has 13 heavy (non-hydrogen) atoms. The van der Waals surface area contributed by atoms with Gasteiger partial charge in [-0.25, -0.2) is 0 Å². The molecule has 0 amide bonds. The Hall–Kier alpha value is -1.37. The second-order valence-electron chi connectivity index (χ2n) is 3.28. The molecule has 0 bridgehead atoms. The molecule has 0 aliphatic heterocycles. The highest BCUT2D eigenvalue weighted by Crippen LogP contribution is 2.20. The number of carbonyl (C=O) groups is 1. The molecule has 1 aromatic rings. The van der Waals surface area contributed by atoms with Gasteiger partial charge in [-0.3, -0.25) is 4.79 Å². The summed E-state index contributed by atoms with van der Waals surface area (Å²) in [4.78, 5) is 11.1. The van der Waals surface area contributed by atoms with Crippen molar-refractivity contribution >= 4 is 11.4 Å². The summed E-state index contributed by atoms with van der Waals surface area (Å²) in [6, 6.07) is 5.92. The van der Waals surface area contributed by atoms with Crippen molar-refractivity contribution in [2.24, 2.45) is 0 Å². The third-order valence-electron chi connectivity index (χ3n) is 2.35. The van der Waals surface area contributed by atoms with Crippen molar-refractivity contribution in [2.45, 2.75) is 20.8 Å². The Morgan fingerprint density at radius 1 is 1.31 bits per heavy atom. The van der Waals surface area contributed by atoms with Crippen LogP contribution in [0.2, 0.25) is 0 Å². The zero-order chi connectivity index (χ0) is 10.0. The first-order valence-electron chi connectivity index (χ1n) is 4.30. The second-order valence-corrected chi connectivity index (χ2v) is 3.28. The van der Waals surface area contributed by atoms with Crippen LogP contribution in [0.3, 0.4) is 0 Å². The molecular weight excluding hydrogens is 160 g/mol. The summed E-state index contributed by atoms with van der Waals surface area (Å²) in [6.07, 6.45) is 0. The molecule has 0 aromatic heterocycles. The van der Waals surface area contributed by atoms with Gasteiger partial charge in [0.2, 0.25) is 0 Å². The largest absolute Gasteiger partial charge is 0.295 e. The number of rotatable bonds is 2. The number of carbonyl (C=O) groups excluding carboxylic acids is 1. The van der Waals surface area contributed by atoms with E-state index in [0.717, 1.165) is 11.1 Å². The van der Waals surface area contributed by atoms with E-state index in [-0.39, 0.29) is 5.78 Å². The van der Waals surface area contributed by atoms with Gasteiger partial charge in [0.05, 0.1) is 0 Å². The molecule has 1 rings (SSSR count). The number of Topliss-reactive ketones (excluding diaryl/α,β-unsaturated/α-hetero) is 1. The van der Waals surface area contributed by atoms with E-state index >= 15 is 0 Å². The monoisotopic (exact) mass is 174 g/mol. The molecule has 1 aromatic carbocycles. The Morgan fingerprint density at radius 2 is 1.92 bits per heavy atom. The van der Waals surface area contributed by atoms with Crippen molar-refractivity contribution in [1.82, 2.24) is 0 Å². The van der Waals surface area contributed by atoms with E-state index in [4.69, 9.17) is 0 Å². The summed E-state index contributed by atoms with van der Waals surface area (Å²) in [6.45, 7) is 9.37. The van der Waals surface area contributed by atoms with Gasteiger partial charge in [-0.05, 0) is 37.5 Å². The summed E-state index contributed by atoms with van der Waals surface area (Å²) < 4.78 is 0. The highest BCUT2D eigenvalue weighted by atomic mass is 16.1. The molecule has 0 atom stereocenters. The van der Waals surface area contributed by atoms with Gasteiger partial charge in [-0.1, -0.05) is 24.8 Å². The maximum absolute atomic E-state index is 11.1. The van der Waals surface area contributed by atoms with Gasteiger partial charge in [-0.2, -0.15) is 0 Å². The number of aryl methyl sites for hydroxylation is 1. The molecule has 68 valence electrons. The molecule has 0 radical (unpaired) electrons. The smallest absolute Gasteiger partial charge is 0.159 e. The van der Waals surface area contributed by atoms with Crippen LogP contribution in [-0.2, 0) is 4.79 Å². The van der Waals surface area contributed by atoms with Crippen LogP contribution < -0.4 is 0 Å². The van der Waals surface area contributed by atoms with E-state index in [1.54, 1.807) is 6.92 Å². The number of ketones is 1. The van der Waals surface area contributed by atoms with Gasteiger partial charge in [0.25, 0.3) is 0 Å². The predicted octanol–water partition coefficient (Wildman–Crippen LogP) is 2.91. The van der Waals surface area contributed by atoms with Gasteiger partial charge in [0.15, 0.2) is 5.78 Å². The molecule has 0 saturated carbocycles. The van der Waals surface area contributed by atoms with Crippen LogP contribution in [0, 0.1) is 13.8 Å². The van der Waals surface area contributed by atoms with Crippen molar-refractivity contribution in [3.05, 3.63) is 41.5 Å². The molecule has 0 fully saturated rings. The van der Waals surface area contributed by atoms with E-state index in [0.29, 0.717) is 5.57 Å². The SMILES string of the molecule is C=C(C(C)=O)c1cccc(C)c1C. The van der Waals surface area contributed by atoms with Crippen LogP contribution >= 0.6 is 0 Å². The van der Waals surface area contributed by atoms with Crippen molar-refractivity contribution in [1.29, 1.82) is 0 Å². The first kappa shape index (κ1) is 9.72. The van der Waals surface area contributed by atoms with Crippen LogP contribution in [0.4, 0.5) is 0 Å². The Kier molecular flexibility index (Phi) is 2.66. The average molecular weight is 174 g/mol. The van der Waals surface area contributed by atoms with Gasteiger partial charge >= 0.3 is 0 Å². The summed E-state index contributed by atoms with van der Waals surface area (Å²) >= 11 is 0. The third kappa shape index (κ3) is 1.86. The number of allylic oxidation sites excluding steroid dienone is 1. The zero-order valence-corrected chi connectivity index (χ0v) is 8.35. The highest BCUT2D eigenvalue weighted by Gasteiger charge is 2.07. The van der Waals surface area contributed by atoms with Crippen LogP contribution in [-0.4, -0.2) is 5.78 Å². The summed E-state index contributed by atoms with van der Waals surface area (Å²) in [5.41, 5.74) is 3.90. The molecule has 0 spiro atoms.